The average Bonchev–Trinajstić information content (AvgIpc) is 3.80. The number of carbonyl (C=O) groups excluding carboxylic acids is 1. The first-order valence-corrected chi connectivity index (χ1v) is 16.4. The van der Waals surface area contributed by atoms with Crippen molar-refractivity contribution in [2.24, 2.45) is 11.8 Å². The number of amides is 1. The Bertz CT molecular complexity index is 2020. The molecule has 2 aliphatic rings. The number of fused-ring (bicyclic) bond motifs is 1. The van der Waals surface area contributed by atoms with Crippen molar-refractivity contribution < 1.29 is 53.7 Å². The summed E-state index contributed by atoms with van der Waals surface area (Å²) in [6.45, 7) is -13.1. The third-order valence-electron chi connectivity index (χ3n) is 7.14. The fraction of sp³-hybridized carbons (Fsp3) is 0.500. The minimum Gasteiger partial charge on any atom is -0.487 e. The highest BCUT2D eigenvalue weighted by atomic mass is 32.2. The number of anilines is 1. The number of aromatic nitrogens is 1. The monoisotopic (exact) mass is 686 g/mol. The van der Waals surface area contributed by atoms with Crippen molar-refractivity contribution in [3.05, 3.63) is 70.2 Å². The summed E-state index contributed by atoms with van der Waals surface area (Å²) < 4.78 is 148. The zero-order valence-electron chi connectivity index (χ0n) is 36.6. The van der Waals surface area contributed by atoms with Crippen LogP contribution in [0.25, 0.3) is 0 Å². The number of alkyl carbamates (subject to hydrolysis) is 1. The van der Waals surface area contributed by atoms with Gasteiger partial charge in [0, 0.05) is 33.8 Å². The molecule has 0 aliphatic carbocycles. The number of nitrogen functional groups attached to an aromatic ring is 1. The highest BCUT2D eigenvalue weighted by Gasteiger charge is 2.44. The predicted molar refractivity (Wildman–Crippen MR) is 173 cm³/mol. The first kappa shape index (κ1) is 21.6. The highest BCUT2D eigenvalue weighted by molar-refractivity contribution is 7.89. The second-order valence-electron chi connectivity index (χ2n) is 10.6. The summed E-state index contributed by atoms with van der Waals surface area (Å²) in [5.41, 5.74) is 6.23. The quantitative estimate of drug-likeness (QED) is 0.213. The first-order valence-electron chi connectivity index (χ1n) is 20.1. The molecular weight excluding hydrogens is 633 g/mol. The van der Waals surface area contributed by atoms with Crippen LogP contribution in [0.1, 0.15) is 52.8 Å². The number of nitrogens with zero attached hydrogens (tertiary/aromatic N) is 2. The van der Waals surface area contributed by atoms with E-state index in [2.05, 4.69) is 10.3 Å². The number of hydrogen-bond acceptors (Lipinski definition) is 11. The molecule has 1 amide bonds. The number of nitrogens with two attached hydrogens (primary N) is 1. The smallest absolute Gasteiger partial charge is 0.407 e. The summed E-state index contributed by atoms with van der Waals surface area (Å²) in [7, 11) is -4.91. The Hall–Kier alpha value is -3.27. The SMILES string of the molecule is [2H]C([2H])(Oc1ccc(C[C@H](NC(=O)O[C@]2([2H])[C@@H]3CCO[C@@H]3OC2([2H])[2H])[C@H](O)CN(CC([2H])(C([2H])([2H])[2H])C([2H])([2H])[2H])S(=O)(=O)c2ccc(N)cc2)cc1)c1csc(C)n1. The standard InChI is InChI=1S/C32H42N4O8S2/c1-20(2)15-36(46(39,40)26-10-6-23(33)7-11-26)16-29(37)28(35-32(38)44-30-18-43-31-27(30)12-13-41-31)14-22-4-8-25(9-5-22)42-17-24-19-45-21(3)34-24/h4-11,19-20,27-31,37H,12-18,33H2,1-3H3,(H,35,38)/t27-,28-,29+,30-,31+/m0/s1/i1D3,2D3,17D2,18D2,20D,30D. The maximum Gasteiger partial charge on any atom is 0.407 e. The van der Waals surface area contributed by atoms with E-state index >= 15 is 0 Å². The lowest BCUT2D eigenvalue weighted by Gasteiger charge is -2.31. The lowest BCUT2D eigenvalue weighted by molar-refractivity contribution is -0.0907. The normalized spacial score (nSPS) is 28.5. The second kappa shape index (κ2) is 15.1. The minimum absolute atomic E-state index is 0.0387. The van der Waals surface area contributed by atoms with Gasteiger partial charge in [0.15, 0.2) is 6.29 Å². The molecule has 1 aromatic heterocycles. The largest absolute Gasteiger partial charge is 0.487 e. The number of thiazole rings is 1. The zero-order chi connectivity index (χ0) is 43.3. The van der Waals surface area contributed by atoms with Crippen LogP contribution in [0, 0.1) is 18.7 Å². The Morgan fingerprint density at radius 2 is 2.04 bits per heavy atom. The third kappa shape index (κ3) is 8.75. The Balaban J connectivity index is 1.48. The van der Waals surface area contributed by atoms with Crippen molar-refractivity contribution in [3.63, 3.8) is 0 Å². The number of aliphatic hydroxyl groups is 1. The van der Waals surface area contributed by atoms with Crippen molar-refractivity contribution in [2.45, 2.75) is 69.4 Å². The van der Waals surface area contributed by atoms with Crippen LogP contribution < -0.4 is 15.8 Å². The summed E-state index contributed by atoms with van der Waals surface area (Å²) in [6.07, 6.45) is -7.58. The molecule has 0 saturated carbocycles. The van der Waals surface area contributed by atoms with Crippen LogP contribution in [-0.4, -0.2) is 79.7 Å². The predicted octanol–water partition coefficient (Wildman–Crippen LogP) is 3.72. The molecule has 2 saturated heterocycles. The van der Waals surface area contributed by atoms with Crippen molar-refractivity contribution in [3.8, 4) is 5.75 Å². The number of benzene rings is 2. The third-order valence-corrected chi connectivity index (χ3v) is 9.74. The lowest BCUT2D eigenvalue weighted by Crippen LogP contribution is -2.51. The number of hydrogen-bond donors (Lipinski definition) is 3. The summed E-state index contributed by atoms with van der Waals surface area (Å²) in [6, 6.07) is 8.54. The fourth-order valence-electron chi connectivity index (χ4n) is 4.80. The molecule has 5 rings (SSSR count). The number of aryl methyl sites for hydroxylation is 1. The van der Waals surface area contributed by atoms with Gasteiger partial charge in [-0.2, -0.15) is 4.31 Å². The molecule has 3 heterocycles. The maximum absolute atomic E-state index is 14.1. The molecule has 0 bridgehead atoms. The number of carbonyl (C=O) groups is 1. The van der Waals surface area contributed by atoms with E-state index in [0.717, 1.165) is 12.1 Å². The number of ether oxygens (including phenoxy) is 4. The molecular formula is C32H42N4O8S2. The van der Waals surface area contributed by atoms with Gasteiger partial charge in [-0.05, 0) is 67.6 Å². The van der Waals surface area contributed by atoms with E-state index < -0.39 is 97.3 Å². The zero-order valence-corrected chi connectivity index (χ0v) is 26.3. The molecule has 3 aromatic rings. The van der Waals surface area contributed by atoms with Crippen LogP contribution in [0.3, 0.4) is 0 Å². The molecule has 2 aromatic carbocycles. The molecule has 12 nitrogen and oxygen atoms in total. The van der Waals surface area contributed by atoms with Gasteiger partial charge < -0.3 is 35.1 Å². The first-order chi connectivity index (χ1) is 26.6. The van der Waals surface area contributed by atoms with Crippen molar-refractivity contribution in [1.82, 2.24) is 14.6 Å². The van der Waals surface area contributed by atoms with Gasteiger partial charge in [-0.25, -0.2) is 18.2 Å². The summed E-state index contributed by atoms with van der Waals surface area (Å²) in [5.74, 6) is -4.42. The van der Waals surface area contributed by atoms with E-state index in [1.807, 2.05) is 0 Å². The molecule has 0 spiro atoms. The number of nitrogens with one attached hydrogen (secondary N) is 1. The molecule has 0 unspecified atom stereocenters. The van der Waals surface area contributed by atoms with Gasteiger partial charge in [-0.3, -0.25) is 0 Å². The van der Waals surface area contributed by atoms with Crippen LogP contribution >= 0.6 is 11.3 Å². The molecule has 0 radical (unpaired) electrons. The van der Waals surface area contributed by atoms with E-state index in [-0.39, 0.29) is 36.6 Å². The van der Waals surface area contributed by atoms with Gasteiger partial charge in [0.05, 0.1) is 53.7 Å². The lowest BCUT2D eigenvalue weighted by atomic mass is 10.0. The molecule has 2 aliphatic heterocycles. The molecule has 5 atom stereocenters. The Morgan fingerprint density at radius 3 is 2.74 bits per heavy atom. The fourth-order valence-corrected chi connectivity index (χ4v) is 6.76. The molecule has 250 valence electrons. The van der Waals surface area contributed by atoms with Gasteiger partial charge in [-0.15, -0.1) is 11.3 Å². The summed E-state index contributed by atoms with van der Waals surface area (Å²) in [4.78, 5) is 17.2. The van der Waals surface area contributed by atoms with Crippen molar-refractivity contribution in [2.75, 3.05) is 32.0 Å². The van der Waals surface area contributed by atoms with Crippen LogP contribution in [-0.2, 0) is 37.2 Å². The Kier molecular flexibility index (Phi) is 7.08. The number of aliphatic hydroxyl groups excluding tert-OH is 1. The average molecular weight is 687 g/mol. The van der Waals surface area contributed by atoms with Gasteiger partial charge in [0.25, 0.3) is 0 Å². The molecule has 46 heavy (non-hydrogen) atoms. The Morgan fingerprint density at radius 1 is 1.28 bits per heavy atom. The van der Waals surface area contributed by atoms with Crippen LogP contribution in [0.4, 0.5) is 10.5 Å². The van der Waals surface area contributed by atoms with Gasteiger partial charge >= 0.3 is 6.09 Å². The van der Waals surface area contributed by atoms with E-state index in [1.54, 1.807) is 6.92 Å². The van der Waals surface area contributed by atoms with E-state index in [4.69, 9.17) is 41.1 Å². The molecule has 14 heteroatoms. The van der Waals surface area contributed by atoms with E-state index in [1.165, 1.54) is 53.1 Å². The van der Waals surface area contributed by atoms with Gasteiger partial charge in [0.1, 0.15) is 18.4 Å². The molecule has 4 N–H and O–H groups in total. The molecule has 2 fully saturated rings. The van der Waals surface area contributed by atoms with Gasteiger partial charge in [-0.1, -0.05) is 25.8 Å². The second-order valence-corrected chi connectivity index (χ2v) is 13.6. The van der Waals surface area contributed by atoms with Crippen molar-refractivity contribution >= 4 is 33.1 Å². The topological polar surface area (TPSA) is 163 Å². The van der Waals surface area contributed by atoms with E-state index in [0.29, 0.717) is 14.9 Å². The van der Waals surface area contributed by atoms with Crippen LogP contribution in [0.15, 0.2) is 58.8 Å². The summed E-state index contributed by atoms with van der Waals surface area (Å²) >= 11 is 1.22. The minimum atomic E-state index is -4.91. The van der Waals surface area contributed by atoms with Crippen molar-refractivity contribution in [1.29, 1.82) is 0 Å². The Labute approximate surface area is 290 Å². The maximum atomic E-state index is 14.1. The summed E-state index contributed by atoms with van der Waals surface area (Å²) in [5, 5.41) is 16.2. The van der Waals surface area contributed by atoms with Gasteiger partial charge in [0.2, 0.25) is 10.0 Å². The van der Waals surface area contributed by atoms with Crippen LogP contribution in [0.2, 0.25) is 0 Å². The van der Waals surface area contributed by atoms with E-state index in [9.17, 15) is 18.3 Å². The highest BCUT2D eigenvalue weighted by Crippen LogP contribution is 2.33. The number of rotatable bonds is 14. The number of sulfonamides is 1. The van der Waals surface area contributed by atoms with Crippen LogP contribution in [0.5, 0.6) is 5.75 Å².